The van der Waals surface area contributed by atoms with Crippen molar-refractivity contribution in [1.82, 2.24) is 0 Å². The Morgan fingerprint density at radius 1 is 1.25 bits per heavy atom. The van der Waals surface area contributed by atoms with Gasteiger partial charge in [-0.15, -0.1) is 11.3 Å². The molecule has 0 aliphatic carbocycles. The van der Waals surface area contributed by atoms with Crippen molar-refractivity contribution in [1.29, 1.82) is 0 Å². The molecule has 0 spiro atoms. The van der Waals surface area contributed by atoms with Crippen LogP contribution >= 0.6 is 34.5 Å². The first-order valence-electron chi connectivity index (χ1n) is 5.63. The fraction of sp³-hybridized carbons (Fsp3) is 0.0714. The number of hydrogen-bond acceptors (Lipinski definition) is 3. The van der Waals surface area contributed by atoms with Gasteiger partial charge in [0.25, 0.3) is 0 Å². The number of rotatable bonds is 5. The number of carboxylic acids is 1. The molecule has 1 aromatic heterocycles. The third-order valence-electron chi connectivity index (χ3n) is 2.35. The summed E-state index contributed by atoms with van der Waals surface area (Å²) in [5, 5.41) is 9.48. The van der Waals surface area contributed by atoms with Crippen molar-refractivity contribution >= 4 is 46.6 Å². The summed E-state index contributed by atoms with van der Waals surface area (Å²) in [6.45, 7) is 0.328. The molecule has 0 aliphatic rings. The number of carboxylic acid groups (broad SMARTS) is 1. The lowest BCUT2D eigenvalue weighted by Gasteiger charge is -2.08. The topological polar surface area (TPSA) is 46.5 Å². The fourth-order valence-corrected chi connectivity index (χ4v) is 2.81. The van der Waals surface area contributed by atoms with E-state index in [9.17, 15) is 4.79 Å². The van der Waals surface area contributed by atoms with E-state index in [1.165, 1.54) is 11.3 Å². The Kier molecular flexibility index (Phi) is 5.06. The fourth-order valence-electron chi connectivity index (χ4n) is 1.48. The Hall–Kier alpha value is -1.49. The predicted molar refractivity (Wildman–Crippen MR) is 81.8 cm³/mol. The number of carbonyl (C=O) groups is 1. The Labute approximate surface area is 130 Å². The average molecular weight is 329 g/mol. The first kappa shape index (κ1) is 14.9. The van der Waals surface area contributed by atoms with E-state index in [-0.39, 0.29) is 0 Å². The minimum Gasteiger partial charge on any atom is -0.485 e. The normalized spacial score (nSPS) is 10.9. The van der Waals surface area contributed by atoms with Crippen LogP contribution in [0, 0.1) is 0 Å². The van der Waals surface area contributed by atoms with Gasteiger partial charge >= 0.3 is 5.97 Å². The number of hydrogen-bond donors (Lipinski definition) is 1. The van der Waals surface area contributed by atoms with E-state index >= 15 is 0 Å². The van der Waals surface area contributed by atoms with E-state index in [1.807, 2.05) is 12.1 Å². The first-order valence-corrected chi connectivity index (χ1v) is 7.20. The lowest BCUT2D eigenvalue weighted by atomic mass is 10.3. The van der Waals surface area contributed by atoms with Gasteiger partial charge in [0.1, 0.15) is 6.61 Å². The van der Waals surface area contributed by atoms with E-state index in [2.05, 4.69) is 0 Å². The van der Waals surface area contributed by atoms with Crippen LogP contribution in [0.5, 0.6) is 5.75 Å². The van der Waals surface area contributed by atoms with Crippen molar-refractivity contribution in [3.05, 3.63) is 56.2 Å². The Morgan fingerprint density at radius 2 is 1.95 bits per heavy atom. The highest BCUT2D eigenvalue weighted by molar-refractivity contribution is 7.12. The van der Waals surface area contributed by atoms with Gasteiger partial charge in [0.2, 0.25) is 0 Å². The summed E-state index contributed by atoms with van der Waals surface area (Å²) in [4.78, 5) is 12.2. The summed E-state index contributed by atoms with van der Waals surface area (Å²) in [7, 11) is 0. The van der Waals surface area contributed by atoms with E-state index < -0.39 is 5.97 Å². The molecule has 2 aromatic rings. The van der Waals surface area contributed by atoms with E-state index in [1.54, 1.807) is 24.3 Å². The highest BCUT2D eigenvalue weighted by Gasteiger charge is 2.07. The number of aliphatic carboxylic acids is 1. The zero-order valence-electron chi connectivity index (χ0n) is 10.2. The van der Waals surface area contributed by atoms with Crippen LogP contribution < -0.4 is 4.74 Å². The molecule has 0 saturated carbocycles. The SMILES string of the molecule is O=C(O)C=Cc1ccc(COc2c(Cl)cccc2Cl)s1. The van der Waals surface area contributed by atoms with E-state index in [0.717, 1.165) is 15.8 Å². The maximum absolute atomic E-state index is 10.4. The summed E-state index contributed by atoms with van der Waals surface area (Å²) < 4.78 is 5.60. The van der Waals surface area contributed by atoms with Gasteiger partial charge in [-0.1, -0.05) is 29.3 Å². The van der Waals surface area contributed by atoms with Crippen LogP contribution in [0.3, 0.4) is 0 Å². The highest BCUT2D eigenvalue weighted by Crippen LogP contribution is 2.33. The highest BCUT2D eigenvalue weighted by atomic mass is 35.5. The van der Waals surface area contributed by atoms with Crippen LogP contribution in [0.25, 0.3) is 6.08 Å². The zero-order valence-corrected chi connectivity index (χ0v) is 12.5. The van der Waals surface area contributed by atoms with Gasteiger partial charge in [0.15, 0.2) is 5.75 Å². The maximum Gasteiger partial charge on any atom is 0.328 e. The number of halogens is 2. The minimum atomic E-state index is -0.973. The molecule has 0 atom stereocenters. The van der Waals surface area contributed by atoms with Crippen molar-refractivity contribution in [2.24, 2.45) is 0 Å². The van der Waals surface area contributed by atoms with Crippen molar-refractivity contribution in [2.75, 3.05) is 0 Å². The average Bonchev–Trinajstić information content (AvgIpc) is 2.84. The molecule has 0 radical (unpaired) electrons. The second kappa shape index (κ2) is 6.79. The molecular weight excluding hydrogens is 319 g/mol. The summed E-state index contributed by atoms with van der Waals surface area (Å²) in [5.41, 5.74) is 0. The van der Waals surface area contributed by atoms with Gasteiger partial charge in [-0.3, -0.25) is 0 Å². The summed E-state index contributed by atoms with van der Waals surface area (Å²) >= 11 is 13.5. The summed E-state index contributed by atoms with van der Waals surface area (Å²) in [5.74, 6) is -0.522. The molecular formula is C14H10Cl2O3S. The second-order valence-electron chi connectivity index (χ2n) is 3.82. The van der Waals surface area contributed by atoms with Crippen molar-refractivity contribution in [2.45, 2.75) is 6.61 Å². The standard InChI is InChI=1S/C14H10Cl2O3S/c15-11-2-1-3-12(16)14(11)19-8-10-5-4-9(20-10)6-7-13(17)18/h1-7H,8H2,(H,17,18). The lowest BCUT2D eigenvalue weighted by molar-refractivity contribution is -0.131. The number of thiophene rings is 1. The monoisotopic (exact) mass is 328 g/mol. The summed E-state index contributed by atoms with van der Waals surface area (Å²) in [6.07, 6.45) is 2.64. The van der Waals surface area contributed by atoms with Crippen molar-refractivity contribution in [3.63, 3.8) is 0 Å². The van der Waals surface area contributed by atoms with Crippen LogP contribution in [-0.4, -0.2) is 11.1 Å². The lowest BCUT2D eigenvalue weighted by Crippen LogP contribution is -1.94. The summed E-state index contributed by atoms with van der Waals surface area (Å²) in [6, 6.07) is 8.86. The molecule has 20 heavy (non-hydrogen) atoms. The quantitative estimate of drug-likeness (QED) is 0.807. The van der Waals surface area contributed by atoms with Crippen molar-refractivity contribution in [3.8, 4) is 5.75 Å². The zero-order chi connectivity index (χ0) is 14.5. The molecule has 104 valence electrons. The molecule has 0 fully saturated rings. The minimum absolute atomic E-state index is 0.328. The molecule has 0 aliphatic heterocycles. The number of benzene rings is 1. The number of para-hydroxylation sites is 1. The van der Waals surface area contributed by atoms with Crippen LogP contribution in [0.2, 0.25) is 10.0 Å². The molecule has 0 bridgehead atoms. The molecule has 0 unspecified atom stereocenters. The largest absolute Gasteiger partial charge is 0.485 e. The van der Waals surface area contributed by atoms with Gasteiger partial charge < -0.3 is 9.84 Å². The predicted octanol–water partition coefficient (Wildman–Crippen LogP) is 4.73. The molecule has 0 saturated heterocycles. The first-order chi connectivity index (χ1) is 9.56. The molecule has 1 N–H and O–H groups in total. The maximum atomic E-state index is 10.4. The van der Waals surface area contributed by atoms with Gasteiger partial charge in [-0.05, 0) is 30.3 Å². The van der Waals surface area contributed by atoms with Crippen LogP contribution in [0.4, 0.5) is 0 Å². The van der Waals surface area contributed by atoms with Gasteiger partial charge in [-0.25, -0.2) is 4.79 Å². The smallest absolute Gasteiger partial charge is 0.328 e. The molecule has 2 rings (SSSR count). The molecule has 0 amide bonds. The third kappa shape index (κ3) is 4.00. The molecule has 1 heterocycles. The van der Waals surface area contributed by atoms with Crippen LogP contribution in [0.1, 0.15) is 9.75 Å². The van der Waals surface area contributed by atoms with Gasteiger partial charge in [-0.2, -0.15) is 0 Å². The Morgan fingerprint density at radius 3 is 2.60 bits per heavy atom. The molecule has 3 nitrogen and oxygen atoms in total. The number of ether oxygens (including phenoxy) is 1. The van der Waals surface area contributed by atoms with Crippen LogP contribution in [0.15, 0.2) is 36.4 Å². The molecule has 1 aromatic carbocycles. The van der Waals surface area contributed by atoms with Gasteiger partial charge in [0, 0.05) is 15.8 Å². The van der Waals surface area contributed by atoms with Gasteiger partial charge in [0.05, 0.1) is 10.0 Å². The van der Waals surface area contributed by atoms with E-state index in [4.69, 9.17) is 33.0 Å². The third-order valence-corrected chi connectivity index (χ3v) is 3.97. The second-order valence-corrected chi connectivity index (χ2v) is 5.83. The Bertz CT molecular complexity index is 629. The van der Waals surface area contributed by atoms with Crippen molar-refractivity contribution < 1.29 is 14.6 Å². The van der Waals surface area contributed by atoms with Crippen LogP contribution in [-0.2, 0) is 11.4 Å². The van der Waals surface area contributed by atoms with E-state index in [0.29, 0.717) is 22.4 Å². The molecule has 6 heteroatoms. The Balaban J connectivity index is 2.03.